The molecule has 1 aromatic rings. The normalized spacial score (nSPS) is 14.4. The molecule has 0 saturated carbocycles. The minimum Gasteiger partial charge on any atom is -0.394 e. The van der Waals surface area contributed by atoms with E-state index in [4.69, 9.17) is 17.3 Å². The first-order valence-corrected chi connectivity index (χ1v) is 6.84. The predicted molar refractivity (Wildman–Crippen MR) is 68.1 cm³/mol. The second-order valence-electron chi connectivity index (χ2n) is 3.47. The zero-order valence-corrected chi connectivity index (χ0v) is 10.8. The van der Waals surface area contributed by atoms with Gasteiger partial charge in [-0.25, -0.2) is 4.98 Å². The molecule has 2 atom stereocenters. The zero-order valence-electron chi connectivity index (χ0n) is 9.24. The molecule has 0 amide bonds. The summed E-state index contributed by atoms with van der Waals surface area (Å²) in [5.41, 5.74) is 6.11. The minimum atomic E-state index is -0.808. The molecule has 16 heavy (non-hydrogen) atoms. The van der Waals surface area contributed by atoms with Gasteiger partial charge in [-0.05, 0) is 18.0 Å². The van der Waals surface area contributed by atoms with Crippen LogP contribution in [0, 0.1) is 0 Å². The Morgan fingerprint density at radius 1 is 1.69 bits per heavy atom. The number of rotatable bonds is 5. The van der Waals surface area contributed by atoms with Crippen LogP contribution in [-0.4, -0.2) is 32.2 Å². The molecule has 7 heteroatoms. The maximum absolute atomic E-state index is 11.1. The van der Waals surface area contributed by atoms with Gasteiger partial charge in [0.2, 0.25) is 5.28 Å². The Morgan fingerprint density at radius 3 is 3.00 bits per heavy atom. The molecule has 5 nitrogen and oxygen atoms in total. The van der Waals surface area contributed by atoms with Crippen molar-refractivity contribution >= 4 is 33.9 Å². The van der Waals surface area contributed by atoms with Gasteiger partial charge in [-0.3, -0.25) is 4.21 Å². The first-order chi connectivity index (χ1) is 7.50. The van der Waals surface area contributed by atoms with Crippen LogP contribution in [0.15, 0.2) is 6.20 Å². The number of hydrogen-bond donors (Lipinski definition) is 2. The first kappa shape index (κ1) is 13.2. The monoisotopic (exact) mass is 262 g/mol. The van der Waals surface area contributed by atoms with Crippen molar-refractivity contribution in [1.82, 2.24) is 9.97 Å². The van der Waals surface area contributed by atoms with Crippen LogP contribution in [0.25, 0.3) is 0 Å². The average molecular weight is 263 g/mol. The summed E-state index contributed by atoms with van der Waals surface area (Å²) in [6, 6.07) is 0. The minimum absolute atomic E-state index is 0.144. The van der Waals surface area contributed by atoms with Gasteiger partial charge < -0.3 is 11.1 Å². The molecule has 1 rings (SSSR count). The molecule has 0 aliphatic heterocycles. The van der Waals surface area contributed by atoms with Crippen LogP contribution in [0.4, 0.5) is 11.5 Å². The van der Waals surface area contributed by atoms with Crippen molar-refractivity contribution < 1.29 is 4.21 Å². The Morgan fingerprint density at radius 2 is 2.38 bits per heavy atom. The molecule has 0 aromatic carbocycles. The van der Waals surface area contributed by atoms with Crippen LogP contribution in [0.2, 0.25) is 5.28 Å². The third-order valence-electron chi connectivity index (χ3n) is 2.20. The fourth-order valence-corrected chi connectivity index (χ4v) is 1.65. The lowest BCUT2D eigenvalue weighted by molar-refractivity contribution is 0.672. The van der Waals surface area contributed by atoms with E-state index in [9.17, 15) is 4.21 Å². The Bertz CT molecular complexity index is 388. The Hall–Kier alpha value is -0.880. The van der Waals surface area contributed by atoms with Gasteiger partial charge in [0.15, 0.2) is 5.82 Å². The number of nitrogen functional groups attached to an aromatic ring is 1. The van der Waals surface area contributed by atoms with E-state index in [-0.39, 0.29) is 10.5 Å². The highest BCUT2D eigenvalue weighted by Gasteiger charge is 2.07. The van der Waals surface area contributed by atoms with Crippen molar-refractivity contribution in [3.05, 3.63) is 11.5 Å². The predicted octanol–water partition coefficient (Wildman–Crippen LogP) is 1.28. The van der Waals surface area contributed by atoms with Gasteiger partial charge in [0.1, 0.15) is 0 Å². The van der Waals surface area contributed by atoms with Crippen LogP contribution in [0.3, 0.4) is 0 Å². The van der Waals surface area contributed by atoms with Crippen molar-refractivity contribution in [2.24, 2.45) is 0 Å². The second kappa shape index (κ2) is 6.00. The summed E-state index contributed by atoms with van der Waals surface area (Å²) in [5, 5.41) is 3.35. The summed E-state index contributed by atoms with van der Waals surface area (Å²) in [7, 11) is -0.808. The summed E-state index contributed by atoms with van der Waals surface area (Å²) in [6.45, 7) is 2.59. The Balaban J connectivity index is 2.48. The van der Waals surface area contributed by atoms with Crippen LogP contribution < -0.4 is 11.1 Å². The topological polar surface area (TPSA) is 80.9 Å². The fourth-order valence-electron chi connectivity index (χ4n) is 1.07. The highest BCUT2D eigenvalue weighted by atomic mass is 35.5. The molecule has 3 N–H and O–H groups in total. The molecular weight excluding hydrogens is 248 g/mol. The summed E-state index contributed by atoms with van der Waals surface area (Å²) in [5.74, 6) is 0.522. The summed E-state index contributed by atoms with van der Waals surface area (Å²) in [6.07, 6.45) is 3.93. The van der Waals surface area contributed by atoms with Gasteiger partial charge in [-0.2, -0.15) is 4.98 Å². The number of nitrogens with one attached hydrogen (secondary N) is 1. The van der Waals surface area contributed by atoms with E-state index >= 15 is 0 Å². The van der Waals surface area contributed by atoms with E-state index in [2.05, 4.69) is 15.3 Å². The van der Waals surface area contributed by atoms with Crippen molar-refractivity contribution in [2.75, 3.05) is 23.9 Å². The molecule has 1 heterocycles. The van der Waals surface area contributed by atoms with Gasteiger partial charge in [-0.15, -0.1) is 0 Å². The molecule has 0 bridgehead atoms. The zero-order chi connectivity index (χ0) is 12.1. The lowest BCUT2D eigenvalue weighted by Crippen LogP contribution is -2.16. The van der Waals surface area contributed by atoms with Crippen molar-refractivity contribution in [1.29, 1.82) is 0 Å². The summed E-state index contributed by atoms with van der Waals surface area (Å²) < 4.78 is 11.1. The van der Waals surface area contributed by atoms with Crippen LogP contribution in [0.1, 0.15) is 13.3 Å². The highest BCUT2D eigenvalue weighted by molar-refractivity contribution is 7.84. The SMILES string of the molecule is CC(CCNc1nc(Cl)ncc1N)S(C)=O. The number of hydrogen-bond acceptors (Lipinski definition) is 5. The van der Waals surface area contributed by atoms with Crippen molar-refractivity contribution in [3.8, 4) is 0 Å². The number of nitrogens with zero attached hydrogens (tertiary/aromatic N) is 2. The number of aromatic nitrogens is 2. The van der Waals surface area contributed by atoms with Gasteiger partial charge >= 0.3 is 0 Å². The van der Waals surface area contributed by atoms with Crippen LogP contribution >= 0.6 is 11.6 Å². The number of nitrogens with two attached hydrogens (primary N) is 1. The van der Waals surface area contributed by atoms with Gasteiger partial charge in [0.25, 0.3) is 0 Å². The van der Waals surface area contributed by atoms with Gasteiger partial charge in [-0.1, -0.05) is 6.92 Å². The molecule has 0 aliphatic carbocycles. The fraction of sp³-hybridized carbons (Fsp3) is 0.556. The molecule has 0 aliphatic rings. The maximum atomic E-state index is 11.1. The molecule has 0 spiro atoms. The van der Waals surface area contributed by atoms with Crippen LogP contribution in [0.5, 0.6) is 0 Å². The molecule has 0 fully saturated rings. The molecular formula is C9H15ClN4OS. The molecule has 90 valence electrons. The smallest absolute Gasteiger partial charge is 0.224 e. The third-order valence-corrected chi connectivity index (χ3v) is 3.75. The lowest BCUT2D eigenvalue weighted by atomic mass is 10.3. The quantitative estimate of drug-likeness (QED) is 0.782. The molecule has 1 aromatic heterocycles. The average Bonchev–Trinajstić information content (AvgIpc) is 2.22. The molecule has 0 radical (unpaired) electrons. The summed E-state index contributed by atoms with van der Waals surface area (Å²) in [4.78, 5) is 7.71. The maximum Gasteiger partial charge on any atom is 0.224 e. The first-order valence-electron chi connectivity index (χ1n) is 4.85. The van der Waals surface area contributed by atoms with Gasteiger partial charge in [0, 0.05) is 28.9 Å². The van der Waals surface area contributed by atoms with Gasteiger partial charge in [0.05, 0.1) is 11.9 Å². The number of anilines is 2. The van der Waals surface area contributed by atoms with Crippen molar-refractivity contribution in [3.63, 3.8) is 0 Å². The highest BCUT2D eigenvalue weighted by Crippen LogP contribution is 2.15. The van der Waals surface area contributed by atoms with E-state index in [1.807, 2.05) is 6.92 Å². The Labute approximate surface area is 102 Å². The van der Waals surface area contributed by atoms with Crippen molar-refractivity contribution in [2.45, 2.75) is 18.6 Å². The third kappa shape index (κ3) is 3.94. The second-order valence-corrected chi connectivity index (χ2v) is 5.61. The van der Waals surface area contributed by atoms with Crippen LogP contribution in [-0.2, 0) is 10.8 Å². The van der Waals surface area contributed by atoms with E-state index in [1.54, 1.807) is 6.26 Å². The van der Waals surface area contributed by atoms with E-state index < -0.39 is 10.8 Å². The number of halogens is 1. The molecule has 2 unspecified atom stereocenters. The van der Waals surface area contributed by atoms with E-state index in [0.717, 1.165) is 6.42 Å². The van der Waals surface area contributed by atoms with E-state index in [0.29, 0.717) is 18.1 Å². The Kier molecular flexibility index (Phi) is 4.95. The largest absolute Gasteiger partial charge is 0.394 e. The summed E-state index contributed by atoms with van der Waals surface area (Å²) >= 11 is 5.64. The lowest BCUT2D eigenvalue weighted by Gasteiger charge is -2.10. The molecule has 0 saturated heterocycles. The standard InChI is InChI=1S/C9H15ClN4OS/c1-6(16(2)15)3-4-12-8-7(11)5-13-9(10)14-8/h5-6H,3-4,11H2,1-2H3,(H,12,13,14). The van der Waals surface area contributed by atoms with E-state index in [1.165, 1.54) is 6.20 Å².